The molecule has 0 saturated heterocycles. The number of hydrogen-bond acceptors (Lipinski definition) is 0. The van der Waals surface area contributed by atoms with Crippen LogP contribution in [0.2, 0.25) is 0 Å². The third-order valence-corrected chi connectivity index (χ3v) is 21.3. The van der Waals surface area contributed by atoms with Gasteiger partial charge in [0.1, 0.15) is 0 Å². The van der Waals surface area contributed by atoms with Crippen molar-refractivity contribution < 1.29 is 0 Å². The van der Waals surface area contributed by atoms with Gasteiger partial charge in [0.25, 0.3) is 0 Å². The fourth-order valence-corrected chi connectivity index (χ4v) is 16.2. The number of fused-ring (bicyclic) bond motifs is 8. The lowest BCUT2D eigenvalue weighted by atomic mass is 9.84. The van der Waals surface area contributed by atoms with Crippen LogP contribution in [0.3, 0.4) is 0 Å². The summed E-state index contributed by atoms with van der Waals surface area (Å²) < 4.78 is 0. The van der Waals surface area contributed by atoms with Crippen LogP contribution in [0, 0.1) is 0 Å². The number of rotatable bonds is 10. The summed E-state index contributed by atoms with van der Waals surface area (Å²) in [7, 11) is 0. The van der Waals surface area contributed by atoms with Crippen molar-refractivity contribution in [2.24, 2.45) is 0 Å². The van der Waals surface area contributed by atoms with Crippen LogP contribution >= 0.6 is 0 Å². The second kappa shape index (κ2) is 26.5. The second-order valence-electron chi connectivity index (χ2n) is 27.3. The van der Waals surface area contributed by atoms with Crippen molar-refractivity contribution in [1.82, 2.24) is 0 Å². The Balaban J connectivity index is 0.000000143. The third-order valence-electron chi connectivity index (χ3n) is 21.3. The maximum atomic E-state index is 2.39. The highest BCUT2D eigenvalue weighted by Crippen LogP contribution is 2.49. The van der Waals surface area contributed by atoms with Gasteiger partial charge in [-0.25, -0.2) is 0 Å². The van der Waals surface area contributed by atoms with E-state index in [0.29, 0.717) is 0 Å². The monoisotopic (exact) mass is 1320 g/mol. The molecule has 0 aliphatic rings. The highest BCUT2D eigenvalue weighted by Gasteiger charge is 2.21. The molecule has 20 rings (SSSR count). The second-order valence-corrected chi connectivity index (χ2v) is 27.3. The molecule has 0 atom stereocenters. The van der Waals surface area contributed by atoms with Gasteiger partial charge in [0.2, 0.25) is 0 Å². The molecule has 0 amide bonds. The van der Waals surface area contributed by atoms with Crippen LogP contribution in [-0.2, 0) is 0 Å². The minimum absolute atomic E-state index is 1.21. The van der Waals surface area contributed by atoms with Crippen LogP contribution in [0.25, 0.3) is 197 Å². The summed E-state index contributed by atoms with van der Waals surface area (Å²) in [5, 5.41) is 20.2. The Bertz CT molecular complexity index is 6560. The Morgan fingerprint density at radius 2 is 0.308 bits per heavy atom. The molecule has 104 heavy (non-hydrogen) atoms. The topological polar surface area (TPSA) is 0 Å². The van der Waals surface area contributed by atoms with Gasteiger partial charge in [0.15, 0.2) is 0 Å². The first-order chi connectivity index (χ1) is 51.6. The van der Waals surface area contributed by atoms with E-state index in [-0.39, 0.29) is 0 Å². The van der Waals surface area contributed by atoms with E-state index in [0.717, 1.165) is 0 Å². The van der Waals surface area contributed by atoms with Crippen molar-refractivity contribution in [3.8, 4) is 111 Å². The highest BCUT2D eigenvalue weighted by atomic mass is 14.2. The summed E-state index contributed by atoms with van der Waals surface area (Å²) in [5.74, 6) is 0. The maximum absolute atomic E-state index is 2.39. The van der Waals surface area contributed by atoms with E-state index < -0.39 is 0 Å². The standard InChI is InChI=1S/2C52H34/c1-2-12-35(13-3-1)40-16-10-17-41(32-40)36-24-26-37(27-25-36)42-30-28-38-29-31-43(34-44(38)33-42)51-47-19-6-8-21-49(47)52(50-22-9-7-20-48(50)51)46-23-11-15-39-14-4-5-18-45(39)46;1-2-12-35(13-3-1)36-24-26-37(27-25-36)40-16-10-17-41(32-40)42-30-28-38-29-31-43(34-44(38)33-42)51-47-19-6-8-21-49(47)52(50-22-9-7-20-48(50)51)46-23-11-15-39-14-4-5-18-45(39)46/h2*1-34H. The van der Waals surface area contributed by atoms with Crippen LogP contribution < -0.4 is 0 Å². The Hall–Kier alpha value is -13.5. The van der Waals surface area contributed by atoms with Crippen LogP contribution in [0.4, 0.5) is 0 Å². The van der Waals surface area contributed by atoms with Crippen LogP contribution in [0.5, 0.6) is 0 Å². The van der Waals surface area contributed by atoms with Gasteiger partial charge in [-0.2, -0.15) is 0 Å². The van der Waals surface area contributed by atoms with Crippen molar-refractivity contribution in [2.75, 3.05) is 0 Å². The van der Waals surface area contributed by atoms with Gasteiger partial charge < -0.3 is 0 Å². The summed E-state index contributed by atoms with van der Waals surface area (Å²) in [4.78, 5) is 0. The van der Waals surface area contributed by atoms with Crippen molar-refractivity contribution >= 4 is 86.2 Å². The average Bonchev–Trinajstić information content (AvgIpc) is 0.733. The Labute approximate surface area is 606 Å². The van der Waals surface area contributed by atoms with Gasteiger partial charge in [-0.15, -0.1) is 0 Å². The van der Waals surface area contributed by atoms with Crippen molar-refractivity contribution in [2.45, 2.75) is 0 Å². The zero-order chi connectivity index (χ0) is 68.9. The molecule has 484 valence electrons. The first kappa shape index (κ1) is 61.6. The zero-order valence-corrected chi connectivity index (χ0v) is 57.3. The molecule has 0 heteroatoms. The molecule has 20 aromatic rings. The van der Waals surface area contributed by atoms with E-state index in [9.17, 15) is 0 Å². The van der Waals surface area contributed by atoms with Crippen molar-refractivity contribution in [3.63, 3.8) is 0 Å². The van der Waals surface area contributed by atoms with E-state index in [1.54, 1.807) is 0 Å². The molecule has 0 N–H and O–H groups in total. The molecule has 0 spiro atoms. The molecule has 0 unspecified atom stereocenters. The van der Waals surface area contributed by atoms with Gasteiger partial charge in [-0.05, 0) is 234 Å². The highest BCUT2D eigenvalue weighted by molar-refractivity contribution is 6.25. The first-order valence-electron chi connectivity index (χ1n) is 36.0. The molecule has 20 aromatic carbocycles. The van der Waals surface area contributed by atoms with Crippen LogP contribution in [-0.4, -0.2) is 0 Å². The largest absolute Gasteiger partial charge is 0.0622 e. The van der Waals surface area contributed by atoms with E-state index in [4.69, 9.17) is 0 Å². The summed E-state index contributed by atoms with van der Waals surface area (Å²) in [6, 6.07) is 151. The number of hydrogen-bond donors (Lipinski definition) is 0. The van der Waals surface area contributed by atoms with Gasteiger partial charge >= 0.3 is 0 Å². The first-order valence-corrected chi connectivity index (χ1v) is 36.0. The normalized spacial score (nSPS) is 11.5. The molecule has 0 radical (unpaired) electrons. The van der Waals surface area contributed by atoms with Crippen molar-refractivity contribution in [1.29, 1.82) is 0 Å². The molecular weight excluding hydrogens is 1250 g/mol. The van der Waals surface area contributed by atoms with E-state index in [2.05, 4.69) is 413 Å². The molecule has 0 aliphatic carbocycles. The fraction of sp³-hybridized carbons (Fsp3) is 0. The Morgan fingerprint density at radius 1 is 0.0962 bits per heavy atom. The fourth-order valence-electron chi connectivity index (χ4n) is 16.2. The van der Waals surface area contributed by atoms with Gasteiger partial charge in [-0.3, -0.25) is 0 Å². The molecule has 0 nitrogen and oxygen atoms in total. The summed E-state index contributed by atoms with van der Waals surface area (Å²) in [6.07, 6.45) is 0. The minimum Gasteiger partial charge on any atom is -0.0622 e. The molecular formula is C104H68. The van der Waals surface area contributed by atoms with Crippen molar-refractivity contribution in [3.05, 3.63) is 413 Å². The van der Waals surface area contributed by atoms with E-state index >= 15 is 0 Å². The van der Waals surface area contributed by atoms with Crippen LogP contribution in [0.1, 0.15) is 0 Å². The molecule has 0 fully saturated rings. The lowest BCUT2D eigenvalue weighted by Gasteiger charge is -2.19. The van der Waals surface area contributed by atoms with E-state index in [1.165, 1.54) is 197 Å². The Kier molecular flexibility index (Phi) is 15.7. The van der Waals surface area contributed by atoms with Gasteiger partial charge in [0.05, 0.1) is 0 Å². The average molecular weight is 1320 g/mol. The smallest absolute Gasteiger partial charge is 0.00201 e. The summed E-state index contributed by atoms with van der Waals surface area (Å²) in [5.41, 5.74) is 24.8. The summed E-state index contributed by atoms with van der Waals surface area (Å²) >= 11 is 0. The van der Waals surface area contributed by atoms with Gasteiger partial charge in [-0.1, -0.05) is 376 Å². The SMILES string of the molecule is c1ccc(-c2ccc(-c3cccc(-c4ccc5ccc(-c6c7ccccc7c(-c7cccc8ccccc78)c7ccccc67)cc5c4)c3)cc2)cc1.c1ccc(-c2cccc(-c3ccc(-c4ccc5ccc(-c6c7ccccc7c(-c7cccc8ccccc78)c7ccccc67)cc5c4)cc3)c2)cc1. The predicted molar refractivity (Wildman–Crippen MR) is 447 cm³/mol. The minimum atomic E-state index is 1.21. The molecule has 0 saturated carbocycles. The quantitative estimate of drug-likeness (QED) is 0.120. The van der Waals surface area contributed by atoms with Crippen LogP contribution in [0.15, 0.2) is 413 Å². The molecule has 0 heterocycles. The predicted octanol–water partition coefficient (Wildman–Crippen LogP) is 29.3. The lowest BCUT2D eigenvalue weighted by molar-refractivity contribution is 1.58. The maximum Gasteiger partial charge on any atom is -0.00201 e. The zero-order valence-electron chi connectivity index (χ0n) is 57.3. The van der Waals surface area contributed by atoms with Gasteiger partial charge in [0, 0.05) is 0 Å². The molecule has 0 aliphatic heterocycles. The number of benzene rings is 20. The van der Waals surface area contributed by atoms with E-state index in [1.807, 2.05) is 0 Å². The molecule has 0 aromatic heterocycles. The summed E-state index contributed by atoms with van der Waals surface area (Å²) in [6.45, 7) is 0. The third kappa shape index (κ3) is 11.3. The lowest BCUT2D eigenvalue weighted by Crippen LogP contribution is -1.91. The Morgan fingerprint density at radius 3 is 0.673 bits per heavy atom. The molecule has 0 bridgehead atoms.